The topological polar surface area (TPSA) is 88.3 Å². The zero-order valence-corrected chi connectivity index (χ0v) is 21.6. The van der Waals surface area contributed by atoms with Crippen LogP contribution in [0.1, 0.15) is 42.4 Å². The minimum atomic E-state index is -0.234. The first-order chi connectivity index (χ1) is 17.3. The number of benzene rings is 2. The number of nitrogens with two attached hydrogens (primary N) is 1. The van der Waals surface area contributed by atoms with Gasteiger partial charge in [-0.25, -0.2) is 4.79 Å². The second-order valence-corrected chi connectivity index (χ2v) is 10.3. The third-order valence-electron chi connectivity index (χ3n) is 8.18. The quantitative estimate of drug-likeness (QED) is 0.651. The number of ether oxygens (including phenoxy) is 2. The lowest BCUT2D eigenvalue weighted by Crippen LogP contribution is -2.53. The molecule has 0 aromatic heterocycles. The summed E-state index contributed by atoms with van der Waals surface area (Å²) in [6.45, 7) is 6.37. The van der Waals surface area contributed by atoms with E-state index in [9.17, 15) is 9.59 Å². The molecule has 2 aromatic rings. The molecule has 1 saturated heterocycles. The van der Waals surface area contributed by atoms with E-state index in [4.69, 9.17) is 15.2 Å². The molecule has 2 aliphatic heterocycles. The molecule has 8 nitrogen and oxygen atoms in total. The Hall–Kier alpha value is -3.26. The summed E-state index contributed by atoms with van der Waals surface area (Å²) in [5.74, 6) is 0.421. The summed E-state index contributed by atoms with van der Waals surface area (Å²) in [4.78, 5) is 32.0. The number of anilines is 3. The van der Waals surface area contributed by atoms with Crippen LogP contribution in [0.15, 0.2) is 30.3 Å². The highest BCUT2D eigenvalue weighted by molar-refractivity contribution is 6.03. The fourth-order valence-corrected chi connectivity index (χ4v) is 5.79. The number of hydrogen-bond donors (Lipinski definition) is 1. The van der Waals surface area contributed by atoms with Crippen LogP contribution in [0.5, 0.6) is 5.75 Å². The highest BCUT2D eigenvalue weighted by Gasteiger charge is 2.39. The van der Waals surface area contributed by atoms with Gasteiger partial charge in [0.1, 0.15) is 5.75 Å². The van der Waals surface area contributed by atoms with Gasteiger partial charge in [0.15, 0.2) is 0 Å². The summed E-state index contributed by atoms with van der Waals surface area (Å²) >= 11 is 0. The van der Waals surface area contributed by atoms with Crippen LogP contribution in [-0.4, -0.2) is 56.3 Å². The predicted octanol–water partition coefficient (Wildman–Crippen LogP) is 4.26. The molecule has 3 aliphatic rings. The number of hydrogen-bond acceptors (Lipinski definition) is 5. The number of amides is 3. The lowest BCUT2D eigenvalue weighted by atomic mass is 9.84. The zero-order chi connectivity index (χ0) is 25.6. The number of aryl methyl sites for hydroxylation is 2. The van der Waals surface area contributed by atoms with Crippen LogP contribution in [0.3, 0.4) is 0 Å². The molecule has 0 spiro atoms. The Morgan fingerprint density at radius 3 is 2.33 bits per heavy atom. The van der Waals surface area contributed by atoms with E-state index >= 15 is 0 Å². The second-order valence-electron chi connectivity index (χ2n) is 10.3. The molecule has 3 amide bonds. The fraction of sp³-hybridized carbons (Fsp3) is 0.500. The smallest absolute Gasteiger partial charge is 0.329 e. The fourth-order valence-electron chi connectivity index (χ4n) is 5.79. The molecule has 2 heterocycles. The average molecular weight is 493 g/mol. The van der Waals surface area contributed by atoms with E-state index in [0.29, 0.717) is 6.54 Å². The Labute approximate surface area is 212 Å². The summed E-state index contributed by atoms with van der Waals surface area (Å²) in [6, 6.07) is 10.3. The van der Waals surface area contributed by atoms with Crippen molar-refractivity contribution in [1.29, 1.82) is 0 Å². The summed E-state index contributed by atoms with van der Waals surface area (Å²) in [7, 11) is 3.40. The van der Waals surface area contributed by atoms with Crippen molar-refractivity contribution in [2.75, 3.05) is 37.1 Å². The molecule has 1 aliphatic carbocycles. The molecule has 0 bridgehead atoms. The highest BCUT2D eigenvalue weighted by atomic mass is 16.5. The Balaban J connectivity index is 1.54. The maximum atomic E-state index is 14.1. The second kappa shape index (κ2) is 9.65. The van der Waals surface area contributed by atoms with Crippen LogP contribution in [0, 0.1) is 19.8 Å². The van der Waals surface area contributed by atoms with Crippen LogP contribution >= 0.6 is 0 Å². The highest BCUT2D eigenvalue weighted by Crippen LogP contribution is 2.43. The first kappa shape index (κ1) is 24.4. The van der Waals surface area contributed by atoms with Crippen molar-refractivity contribution in [2.24, 2.45) is 11.7 Å². The van der Waals surface area contributed by atoms with Crippen molar-refractivity contribution >= 4 is 29.0 Å². The van der Waals surface area contributed by atoms with Crippen molar-refractivity contribution in [1.82, 2.24) is 4.90 Å². The van der Waals surface area contributed by atoms with Gasteiger partial charge in [0.05, 0.1) is 31.1 Å². The van der Waals surface area contributed by atoms with Crippen LogP contribution in [0.25, 0.3) is 0 Å². The van der Waals surface area contributed by atoms with Gasteiger partial charge in [-0.05, 0) is 74.4 Å². The number of urea groups is 1. The Morgan fingerprint density at radius 1 is 0.972 bits per heavy atom. The Bertz CT molecular complexity index is 1170. The monoisotopic (exact) mass is 492 g/mol. The van der Waals surface area contributed by atoms with Gasteiger partial charge in [-0.2, -0.15) is 0 Å². The molecule has 1 saturated carbocycles. The van der Waals surface area contributed by atoms with Crippen molar-refractivity contribution in [3.8, 4) is 5.75 Å². The van der Waals surface area contributed by atoms with E-state index in [2.05, 4.69) is 24.0 Å². The number of rotatable bonds is 6. The minimum Gasteiger partial charge on any atom is -0.496 e. The van der Waals surface area contributed by atoms with Gasteiger partial charge in [0.25, 0.3) is 0 Å². The van der Waals surface area contributed by atoms with Gasteiger partial charge in [-0.1, -0.05) is 6.07 Å². The third kappa shape index (κ3) is 4.28. The van der Waals surface area contributed by atoms with E-state index in [1.807, 2.05) is 34.9 Å². The van der Waals surface area contributed by atoms with E-state index in [1.165, 1.54) is 0 Å². The van der Waals surface area contributed by atoms with E-state index in [-0.39, 0.29) is 30.0 Å². The van der Waals surface area contributed by atoms with Crippen LogP contribution < -0.4 is 20.3 Å². The molecule has 0 radical (unpaired) electrons. The molecule has 2 fully saturated rings. The molecular formula is C28H36N4O4. The van der Waals surface area contributed by atoms with Crippen molar-refractivity contribution in [3.63, 3.8) is 0 Å². The minimum absolute atomic E-state index is 0.0362. The number of methoxy groups -OCH3 is 2. The van der Waals surface area contributed by atoms with Gasteiger partial charge in [0, 0.05) is 43.9 Å². The molecule has 36 heavy (non-hydrogen) atoms. The van der Waals surface area contributed by atoms with Gasteiger partial charge < -0.3 is 25.0 Å². The van der Waals surface area contributed by atoms with Crippen molar-refractivity contribution in [2.45, 2.75) is 58.2 Å². The Morgan fingerprint density at radius 2 is 1.69 bits per heavy atom. The zero-order valence-electron chi connectivity index (χ0n) is 21.6. The lowest BCUT2D eigenvalue weighted by molar-refractivity contribution is -0.123. The van der Waals surface area contributed by atoms with Gasteiger partial charge in [0.2, 0.25) is 5.91 Å². The number of nitrogens with zero attached hydrogens (tertiary/aromatic N) is 3. The maximum Gasteiger partial charge on any atom is 0.329 e. The molecule has 0 atom stereocenters. The van der Waals surface area contributed by atoms with Gasteiger partial charge in [-0.3, -0.25) is 9.69 Å². The van der Waals surface area contributed by atoms with E-state index in [0.717, 1.165) is 78.3 Å². The standard InChI is InChI=1S/C28H36N4O4/c1-17-5-8-21(13-26(17)36-4)32-25-12-22(30-14-23(15-30)35-3)11-18(2)24(25)16-31(28(32)34)20-9-6-19(7-10-20)27(29)33/h5,8,11-13,19-20,23H,6-7,9-10,14-16H2,1-4H3,(H2,29,33). The summed E-state index contributed by atoms with van der Waals surface area (Å²) < 4.78 is 11.1. The summed E-state index contributed by atoms with van der Waals surface area (Å²) in [5, 5.41) is 0. The van der Waals surface area contributed by atoms with Crippen LogP contribution in [-0.2, 0) is 16.1 Å². The molecule has 2 aromatic carbocycles. The number of fused-ring (bicyclic) bond motifs is 1. The largest absolute Gasteiger partial charge is 0.496 e. The van der Waals surface area contributed by atoms with Crippen molar-refractivity contribution in [3.05, 3.63) is 47.0 Å². The lowest BCUT2D eigenvalue weighted by Gasteiger charge is -2.45. The average Bonchev–Trinajstić information content (AvgIpc) is 2.84. The van der Waals surface area contributed by atoms with Gasteiger partial charge >= 0.3 is 6.03 Å². The summed E-state index contributed by atoms with van der Waals surface area (Å²) in [5.41, 5.74) is 11.7. The third-order valence-corrected chi connectivity index (χ3v) is 8.18. The number of primary amides is 1. The molecule has 5 rings (SSSR count). The first-order valence-electron chi connectivity index (χ1n) is 12.8. The SMILES string of the molecule is COc1cc(N2C(=O)N(C3CCC(C(N)=O)CC3)Cc3c(C)cc(N4CC(OC)C4)cc32)ccc1C. The molecular weight excluding hydrogens is 456 g/mol. The molecule has 192 valence electrons. The molecule has 0 unspecified atom stereocenters. The predicted molar refractivity (Wildman–Crippen MR) is 140 cm³/mol. The van der Waals surface area contributed by atoms with Gasteiger partial charge in [-0.15, -0.1) is 0 Å². The van der Waals surface area contributed by atoms with Crippen LogP contribution in [0.2, 0.25) is 0 Å². The molecule has 8 heteroatoms. The Kier molecular flexibility index (Phi) is 6.55. The van der Waals surface area contributed by atoms with Crippen molar-refractivity contribution < 1.29 is 19.1 Å². The van der Waals surface area contributed by atoms with E-state index < -0.39 is 0 Å². The van der Waals surface area contributed by atoms with Crippen LogP contribution in [0.4, 0.5) is 21.9 Å². The number of carbonyl (C=O) groups excluding carboxylic acids is 2. The normalized spacial score (nSPS) is 22.3. The summed E-state index contributed by atoms with van der Waals surface area (Å²) in [6.07, 6.45) is 3.25. The molecule has 2 N–H and O–H groups in total. The number of carbonyl (C=O) groups is 2. The first-order valence-corrected chi connectivity index (χ1v) is 12.8. The van der Waals surface area contributed by atoms with E-state index in [1.54, 1.807) is 14.2 Å². The maximum absolute atomic E-state index is 14.1.